The van der Waals surface area contributed by atoms with Gasteiger partial charge in [0.25, 0.3) is 0 Å². The number of hydrogen-bond acceptors (Lipinski definition) is 4. The van der Waals surface area contributed by atoms with Crippen molar-refractivity contribution >= 4 is 5.69 Å². The third kappa shape index (κ3) is 2.50. The molecule has 4 heteroatoms. The third-order valence-corrected chi connectivity index (χ3v) is 2.93. The molecule has 1 aromatic rings. The minimum atomic E-state index is 0.426. The maximum absolute atomic E-state index is 8.97. The summed E-state index contributed by atoms with van der Waals surface area (Å²) >= 11 is 0. The fourth-order valence-corrected chi connectivity index (χ4v) is 2.11. The topological polar surface area (TPSA) is 52.0 Å². The summed E-state index contributed by atoms with van der Waals surface area (Å²) in [5, 5.41) is 12.4. The van der Waals surface area contributed by atoms with Crippen molar-refractivity contribution < 1.29 is 0 Å². The molecular weight excluding hydrogens is 200 g/mol. The molecule has 2 heterocycles. The van der Waals surface area contributed by atoms with Crippen LogP contribution in [0, 0.1) is 11.3 Å². The normalized spacial score (nSPS) is 21.4. The Labute approximate surface area is 95.9 Å². The first kappa shape index (κ1) is 10.9. The van der Waals surface area contributed by atoms with Gasteiger partial charge in [-0.25, -0.2) is 0 Å². The maximum Gasteiger partial charge on any atom is 0.101 e. The number of rotatable bonds is 2. The van der Waals surface area contributed by atoms with Crippen molar-refractivity contribution in [3.8, 4) is 6.07 Å². The molecule has 0 aliphatic carbocycles. The Balaban J connectivity index is 2.06. The SMILES string of the molecule is CN1CCCC(Nc2cnccc2C#N)C1. The smallest absolute Gasteiger partial charge is 0.101 e. The van der Waals surface area contributed by atoms with Crippen molar-refractivity contribution in [3.63, 3.8) is 0 Å². The number of anilines is 1. The molecule has 0 bridgehead atoms. The fourth-order valence-electron chi connectivity index (χ4n) is 2.11. The molecule has 0 amide bonds. The summed E-state index contributed by atoms with van der Waals surface area (Å²) in [5.41, 5.74) is 1.52. The van der Waals surface area contributed by atoms with E-state index in [9.17, 15) is 0 Å². The summed E-state index contributed by atoms with van der Waals surface area (Å²) in [6.07, 6.45) is 5.74. The summed E-state index contributed by atoms with van der Waals surface area (Å²) < 4.78 is 0. The van der Waals surface area contributed by atoms with E-state index in [1.165, 1.54) is 6.42 Å². The van der Waals surface area contributed by atoms with Crippen LogP contribution in [0.5, 0.6) is 0 Å². The van der Waals surface area contributed by atoms with E-state index in [1.54, 1.807) is 18.5 Å². The molecule has 0 radical (unpaired) electrons. The number of likely N-dealkylation sites (tertiary alicyclic amines) is 1. The van der Waals surface area contributed by atoms with Crippen molar-refractivity contribution in [3.05, 3.63) is 24.0 Å². The van der Waals surface area contributed by atoms with Gasteiger partial charge >= 0.3 is 0 Å². The number of nitriles is 1. The first-order chi connectivity index (χ1) is 7.79. The number of nitrogens with zero attached hydrogens (tertiary/aromatic N) is 3. The molecule has 4 nitrogen and oxygen atoms in total. The van der Waals surface area contributed by atoms with E-state index in [4.69, 9.17) is 5.26 Å². The van der Waals surface area contributed by atoms with Crippen molar-refractivity contribution in [1.29, 1.82) is 5.26 Å². The molecule has 2 rings (SSSR count). The predicted octanol–water partition coefficient (Wildman–Crippen LogP) is 1.46. The number of piperidine rings is 1. The Kier molecular flexibility index (Phi) is 3.37. The third-order valence-electron chi connectivity index (χ3n) is 2.93. The Morgan fingerprint density at radius 1 is 1.62 bits per heavy atom. The van der Waals surface area contributed by atoms with Gasteiger partial charge in [0.1, 0.15) is 6.07 Å². The quantitative estimate of drug-likeness (QED) is 0.813. The van der Waals surface area contributed by atoms with Crippen LogP contribution in [0.15, 0.2) is 18.5 Å². The van der Waals surface area contributed by atoms with E-state index in [0.717, 1.165) is 25.2 Å². The molecule has 1 aromatic heterocycles. The molecule has 0 aromatic carbocycles. The molecule has 84 valence electrons. The number of nitrogens with one attached hydrogen (secondary N) is 1. The van der Waals surface area contributed by atoms with Crippen molar-refractivity contribution in [1.82, 2.24) is 9.88 Å². The lowest BCUT2D eigenvalue weighted by molar-refractivity contribution is 0.261. The summed E-state index contributed by atoms with van der Waals surface area (Å²) in [7, 11) is 2.13. The summed E-state index contributed by atoms with van der Waals surface area (Å²) in [6, 6.07) is 4.35. The molecule has 1 saturated heterocycles. The van der Waals surface area contributed by atoms with Gasteiger partial charge in [-0.05, 0) is 32.5 Å². The van der Waals surface area contributed by atoms with E-state index in [2.05, 4.69) is 28.3 Å². The lowest BCUT2D eigenvalue weighted by atomic mass is 10.1. The highest BCUT2D eigenvalue weighted by atomic mass is 15.1. The maximum atomic E-state index is 8.97. The van der Waals surface area contributed by atoms with Gasteiger partial charge in [-0.3, -0.25) is 4.98 Å². The molecular formula is C12H16N4. The number of hydrogen-bond donors (Lipinski definition) is 1. The Bertz CT molecular complexity index is 396. The van der Waals surface area contributed by atoms with Gasteiger partial charge < -0.3 is 10.2 Å². The van der Waals surface area contributed by atoms with Gasteiger partial charge in [-0.2, -0.15) is 5.26 Å². The lowest BCUT2D eigenvalue weighted by Gasteiger charge is -2.30. The minimum absolute atomic E-state index is 0.426. The summed E-state index contributed by atoms with van der Waals surface area (Å²) in [6.45, 7) is 2.19. The second kappa shape index (κ2) is 4.95. The van der Waals surface area contributed by atoms with Crippen LogP contribution in [-0.4, -0.2) is 36.1 Å². The van der Waals surface area contributed by atoms with Crippen LogP contribution >= 0.6 is 0 Å². The highest BCUT2D eigenvalue weighted by Crippen LogP contribution is 2.17. The molecule has 0 saturated carbocycles. The highest BCUT2D eigenvalue weighted by molar-refractivity contribution is 5.55. The monoisotopic (exact) mass is 216 g/mol. The van der Waals surface area contributed by atoms with E-state index < -0.39 is 0 Å². The van der Waals surface area contributed by atoms with Crippen LogP contribution in [0.1, 0.15) is 18.4 Å². The predicted molar refractivity (Wildman–Crippen MR) is 63.1 cm³/mol. The second-order valence-corrected chi connectivity index (χ2v) is 4.28. The molecule has 1 aliphatic rings. The highest BCUT2D eigenvalue weighted by Gasteiger charge is 2.17. The molecule has 1 aliphatic heterocycles. The summed E-state index contributed by atoms with van der Waals surface area (Å²) in [5.74, 6) is 0. The van der Waals surface area contributed by atoms with Gasteiger partial charge in [0, 0.05) is 18.8 Å². The van der Waals surface area contributed by atoms with Crippen molar-refractivity contribution in [2.24, 2.45) is 0 Å². The Morgan fingerprint density at radius 3 is 3.25 bits per heavy atom. The average Bonchev–Trinajstić information content (AvgIpc) is 2.30. The first-order valence-corrected chi connectivity index (χ1v) is 5.59. The summed E-state index contributed by atoms with van der Waals surface area (Å²) in [4.78, 5) is 6.36. The van der Waals surface area contributed by atoms with Crippen molar-refractivity contribution in [2.75, 3.05) is 25.5 Å². The van der Waals surface area contributed by atoms with Gasteiger partial charge in [0.2, 0.25) is 0 Å². The zero-order valence-electron chi connectivity index (χ0n) is 9.48. The molecule has 1 N–H and O–H groups in total. The minimum Gasteiger partial charge on any atom is -0.379 e. The van der Waals surface area contributed by atoms with Gasteiger partial charge in [0.05, 0.1) is 17.4 Å². The van der Waals surface area contributed by atoms with E-state index >= 15 is 0 Å². The zero-order chi connectivity index (χ0) is 11.4. The molecule has 0 spiro atoms. The largest absolute Gasteiger partial charge is 0.379 e. The first-order valence-electron chi connectivity index (χ1n) is 5.59. The van der Waals surface area contributed by atoms with Crippen LogP contribution in [0.25, 0.3) is 0 Å². The molecule has 1 fully saturated rings. The van der Waals surface area contributed by atoms with Crippen LogP contribution in [0.3, 0.4) is 0 Å². The fraction of sp³-hybridized carbons (Fsp3) is 0.500. The standard InChI is InChI=1S/C12H16N4/c1-16-6-2-3-11(9-16)15-12-8-14-5-4-10(12)7-13/h4-5,8,11,15H,2-3,6,9H2,1H3. The lowest BCUT2D eigenvalue weighted by Crippen LogP contribution is -2.39. The van der Waals surface area contributed by atoms with Crippen LogP contribution in [0.4, 0.5) is 5.69 Å². The van der Waals surface area contributed by atoms with E-state index in [0.29, 0.717) is 11.6 Å². The number of pyridine rings is 1. The zero-order valence-corrected chi connectivity index (χ0v) is 9.48. The van der Waals surface area contributed by atoms with Crippen LogP contribution in [0.2, 0.25) is 0 Å². The van der Waals surface area contributed by atoms with E-state index in [1.807, 2.05) is 0 Å². The molecule has 1 atom stereocenters. The van der Waals surface area contributed by atoms with Gasteiger partial charge in [0.15, 0.2) is 0 Å². The van der Waals surface area contributed by atoms with Gasteiger partial charge in [-0.15, -0.1) is 0 Å². The Morgan fingerprint density at radius 2 is 2.50 bits per heavy atom. The van der Waals surface area contributed by atoms with Crippen LogP contribution in [-0.2, 0) is 0 Å². The van der Waals surface area contributed by atoms with Gasteiger partial charge in [-0.1, -0.05) is 0 Å². The number of aromatic nitrogens is 1. The van der Waals surface area contributed by atoms with Crippen molar-refractivity contribution in [2.45, 2.75) is 18.9 Å². The van der Waals surface area contributed by atoms with Crippen LogP contribution < -0.4 is 5.32 Å². The van der Waals surface area contributed by atoms with E-state index in [-0.39, 0.29) is 0 Å². The molecule has 16 heavy (non-hydrogen) atoms. The average molecular weight is 216 g/mol. The Hall–Kier alpha value is -1.60. The molecule has 1 unspecified atom stereocenters. The second-order valence-electron chi connectivity index (χ2n) is 4.28. The number of likely N-dealkylation sites (N-methyl/N-ethyl adjacent to an activating group) is 1.